The average Bonchev–Trinajstić information content (AvgIpc) is 3.11. The molecule has 3 aromatic rings. The van der Waals surface area contributed by atoms with Crippen LogP contribution in [0.25, 0.3) is 22.2 Å². The van der Waals surface area contributed by atoms with E-state index in [0.29, 0.717) is 15.9 Å². The molecule has 0 aliphatic rings. The Morgan fingerprint density at radius 2 is 1.92 bits per heavy atom. The molecule has 0 atom stereocenters. The predicted molar refractivity (Wildman–Crippen MR) is 92.8 cm³/mol. The van der Waals surface area contributed by atoms with Crippen LogP contribution in [0.3, 0.4) is 0 Å². The number of alkyl halides is 2. The molecule has 1 aromatic carbocycles. The van der Waals surface area contributed by atoms with Gasteiger partial charge in [0.25, 0.3) is 0 Å². The van der Waals surface area contributed by atoms with Crippen LogP contribution in [0.4, 0.5) is 8.78 Å². The molecule has 0 radical (unpaired) electrons. The second-order valence-corrected chi connectivity index (χ2v) is 6.42. The van der Waals surface area contributed by atoms with Gasteiger partial charge < -0.3 is 5.11 Å². The van der Waals surface area contributed by atoms with Crippen molar-refractivity contribution in [3.63, 3.8) is 0 Å². The first kappa shape index (κ1) is 16.3. The van der Waals surface area contributed by atoms with Crippen molar-refractivity contribution in [3.05, 3.63) is 36.2 Å². The number of hydrogen-bond donors (Lipinski definition) is 1. The highest BCUT2D eigenvalue weighted by molar-refractivity contribution is 6.56. The maximum atomic E-state index is 13.2. The van der Waals surface area contributed by atoms with E-state index in [-0.39, 0.29) is 16.1 Å². The standard InChI is InChI=1S/C13H13B3F2N4O2/c14-13(15,16)21-4-3-8(19-21)6-1-2-7-9(5-6)22(12(17)18)20-10(7)11(23)24/h1-5,12H,14-16H2,(H,23,24). The largest absolute Gasteiger partial charge is 0.476 e. The molecule has 11 heteroatoms. The molecule has 0 unspecified atom stereocenters. The van der Waals surface area contributed by atoms with Crippen molar-refractivity contribution in [2.24, 2.45) is 0 Å². The molecular weight excluding hydrogens is 315 g/mol. The zero-order valence-electron chi connectivity index (χ0n) is 13.4. The lowest BCUT2D eigenvalue weighted by Crippen LogP contribution is -2.35. The lowest BCUT2D eigenvalue weighted by Gasteiger charge is -2.18. The summed E-state index contributed by atoms with van der Waals surface area (Å²) in [5.74, 6) is -1.34. The molecule has 6 nitrogen and oxygen atoms in total. The first-order valence-corrected chi connectivity index (χ1v) is 7.29. The quantitative estimate of drug-likeness (QED) is 0.653. The van der Waals surface area contributed by atoms with E-state index < -0.39 is 18.2 Å². The van der Waals surface area contributed by atoms with Crippen molar-refractivity contribution < 1.29 is 18.7 Å². The first-order chi connectivity index (χ1) is 11.2. The summed E-state index contributed by atoms with van der Waals surface area (Å²) in [6.45, 7) is -2.93. The molecule has 0 aliphatic carbocycles. The van der Waals surface area contributed by atoms with Crippen molar-refractivity contribution >= 4 is 40.4 Å². The van der Waals surface area contributed by atoms with Gasteiger partial charge >= 0.3 is 12.5 Å². The SMILES string of the molecule is BC(B)(B)n1ccc(-c2ccc3c(C(=O)O)nn(C(F)F)c3c2)n1. The summed E-state index contributed by atoms with van der Waals surface area (Å²) >= 11 is 0. The monoisotopic (exact) mass is 328 g/mol. The molecule has 1 N–H and O–H groups in total. The Labute approximate surface area is 138 Å². The lowest BCUT2D eigenvalue weighted by molar-refractivity contribution is 0.0585. The van der Waals surface area contributed by atoms with Crippen LogP contribution in [0, 0.1) is 0 Å². The van der Waals surface area contributed by atoms with Gasteiger partial charge in [-0.3, -0.25) is 4.68 Å². The average molecular weight is 328 g/mol. The zero-order chi connectivity index (χ0) is 17.6. The number of benzene rings is 1. The highest BCUT2D eigenvalue weighted by atomic mass is 19.3. The number of carboxylic acid groups (broad SMARTS) is 1. The van der Waals surface area contributed by atoms with Crippen molar-refractivity contribution in [1.82, 2.24) is 19.6 Å². The van der Waals surface area contributed by atoms with Crippen molar-refractivity contribution in [2.75, 3.05) is 0 Å². The van der Waals surface area contributed by atoms with Crippen LogP contribution in [0.15, 0.2) is 30.5 Å². The van der Waals surface area contributed by atoms with Gasteiger partial charge in [-0.15, -0.1) is 0 Å². The topological polar surface area (TPSA) is 72.9 Å². The highest BCUT2D eigenvalue weighted by Gasteiger charge is 2.21. The Hall–Kier alpha value is -2.58. The summed E-state index contributed by atoms with van der Waals surface area (Å²) in [6.07, 6.45) is 1.81. The third-order valence-electron chi connectivity index (χ3n) is 3.67. The van der Waals surface area contributed by atoms with Crippen LogP contribution in [-0.2, 0) is 5.24 Å². The molecule has 0 spiro atoms. The molecule has 3 rings (SSSR count). The Kier molecular flexibility index (Phi) is 3.73. The Bertz CT molecular complexity index is 933. The van der Waals surface area contributed by atoms with E-state index in [2.05, 4.69) is 10.2 Å². The van der Waals surface area contributed by atoms with Gasteiger partial charge in [-0.1, -0.05) is 6.07 Å². The summed E-state index contributed by atoms with van der Waals surface area (Å²) < 4.78 is 28.5. The van der Waals surface area contributed by atoms with Gasteiger partial charge in [-0.2, -0.15) is 19.0 Å². The summed E-state index contributed by atoms with van der Waals surface area (Å²) in [6, 6.07) is 6.40. The first-order valence-electron chi connectivity index (χ1n) is 7.29. The minimum Gasteiger partial charge on any atom is -0.476 e. The van der Waals surface area contributed by atoms with Gasteiger partial charge in [0.15, 0.2) is 5.69 Å². The second-order valence-electron chi connectivity index (χ2n) is 6.42. The number of aromatic nitrogens is 4. The van der Waals surface area contributed by atoms with Crippen LogP contribution < -0.4 is 0 Å². The molecule has 120 valence electrons. The molecule has 0 amide bonds. The summed E-state index contributed by atoms with van der Waals surface area (Å²) in [5.41, 5.74) is 0.900. The normalized spacial score (nSPS) is 12.1. The van der Waals surface area contributed by atoms with E-state index >= 15 is 0 Å². The number of carbonyl (C=O) groups is 1. The van der Waals surface area contributed by atoms with Gasteiger partial charge in [0.2, 0.25) is 0 Å². The number of hydrogen-bond acceptors (Lipinski definition) is 3. The van der Waals surface area contributed by atoms with Crippen LogP contribution in [-0.4, -0.2) is 54.2 Å². The maximum Gasteiger partial charge on any atom is 0.357 e. The zero-order valence-corrected chi connectivity index (χ0v) is 13.4. The predicted octanol–water partition coefficient (Wildman–Crippen LogP) is -0.540. The summed E-state index contributed by atoms with van der Waals surface area (Å²) in [4.78, 5) is 11.2. The summed E-state index contributed by atoms with van der Waals surface area (Å²) in [7, 11) is 5.99. The number of carboxylic acids is 1. The van der Waals surface area contributed by atoms with Crippen molar-refractivity contribution in [2.45, 2.75) is 11.8 Å². The van der Waals surface area contributed by atoms with Crippen molar-refractivity contribution in [3.8, 4) is 11.3 Å². The maximum absolute atomic E-state index is 13.2. The van der Waals surface area contributed by atoms with Crippen molar-refractivity contribution in [1.29, 1.82) is 0 Å². The van der Waals surface area contributed by atoms with Gasteiger partial charge in [-0.05, 0) is 23.4 Å². The summed E-state index contributed by atoms with van der Waals surface area (Å²) in [5, 5.41) is 17.1. The number of fused-ring (bicyclic) bond motifs is 1. The Balaban J connectivity index is 2.16. The smallest absolute Gasteiger partial charge is 0.357 e. The van der Waals surface area contributed by atoms with Crippen LogP contribution in [0.2, 0.25) is 0 Å². The number of aromatic carboxylic acids is 1. The highest BCUT2D eigenvalue weighted by Crippen LogP contribution is 2.28. The fourth-order valence-corrected chi connectivity index (χ4v) is 2.45. The Morgan fingerprint density at radius 1 is 1.21 bits per heavy atom. The molecule has 0 saturated carbocycles. The molecule has 2 aromatic heterocycles. The molecule has 0 saturated heterocycles. The fourth-order valence-electron chi connectivity index (χ4n) is 2.45. The molecule has 2 heterocycles. The molecule has 24 heavy (non-hydrogen) atoms. The van der Waals surface area contributed by atoms with E-state index in [4.69, 9.17) is 5.11 Å². The second kappa shape index (κ2) is 5.50. The van der Waals surface area contributed by atoms with Gasteiger partial charge in [0.05, 0.1) is 11.2 Å². The van der Waals surface area contributed by atoms with E-state index in [1.807, 2.05) is 29.7 Å². The minimum absolute atomic E-state index is 0.0604. The number of nitrogens with zero attached hydrogens (tertiary/aromatic N) is 4. The minimum atomic E-state index is -2.93. The van der Waals surface area contributed by atoms with Gasteiger partial charge in [0, 0.05) is 17.1 Å². The molecular formula is C13H13B3F2N4O2. The Morgan fingerprint density at radius 3 is 2.46 bits per heavy atom. The van der Waals surface area contributed by atoms with E-state index in [9.17, 15) is 13.6 Å². The van der Waals surface area contributed by atoms with E-state index in [0.717, 1.165) is 0 Å². The number of rotatable bonds is 4. The molecule has 0 bridgehead atoms. The number of halogens is 2. The van der Waals surface area contributed by atoms with E-state index in [1.165, 1.54) is 12.1 Å². The van der Waals surface area contributed by atoms with Gasteiger partial charge in [-0.25, -0.2) is 9.48 Å². The fraction of sp³-hybridized carbons (Fsp3) is 0.154. The van der Waals surface area contributed by atoms with Crippen LogP contribution >= 0.6 is 0 Å². The molecule has 0 aliphatic heterocycles. The van der Waals surface area contributed by atoms with E-state index in [1.54, 1.807) is 16.8 Å². The van der Waals surface area contributed by atoms with Gasteiger partial charge in [0.1, 0.15) is 23.5 Å². The lowest BCUT2D eigenvalue weighted by atomic mass is 9.49. The van der Waals surface area contributed by atoms with Crippen LogP contribution in [0.1, 0.15) is 17.0 Å². The third kappa shape index (κ3) is 2.70. The molecule has 0 fully saturated rings. The third-order valence-corrected chi connectivity index (χ3v) is 3.67. The van der Waals surface area contributed by atoms with Crippen LogP contribution in [0.5, 0.6) is 0 Å².